The maximum Gasteiger partial charge on any atom is 0.162 e. The van der Waals surface area contributed by atoms with Gasteiger partial charge in [0.15, 0.2) is 5.78 Å². The predicted molar refractivity (Wildman–Crippen MR) is 40.9 cm³/mol. The molecule has 1 heteroatoms. The molecule has 1 rings (SSSR count). The molecule has 0 N–H and O–H groups in total. The predicted octanol–water partition coefficient (Wildman–Crippen LogP) is 2.07. The molecule has 0 amide bonds. The Balaban J connectivity index is 3.00. The fourth-order valence-corrected chi connectivity index (χ4v) is 0.739. The van der Waals surface area contributed by atoms with Crippen LogP contribution >= 0.6 is 0 Å². The molecular formula is C9H9O+. The third-order valence-electron chi connectivity index (χ3n) is 1.36. The molecule has 0 aliphatic heterocycles. The second kappa shape index (κ2) is 2.56. The van der Waals surface area contributed by atoms with Crippen LogP contribution in [0.1, 0.15) is 22.8 Å². The van der Waals surface area contributed by atoms with Gasteiger partial charge in [0.05, 0.1) is 0 Å². The number of Topliss-reactive ketones (excluding diaryl/α,β-unsaturated/α-hetero) is 1. The van der Waals surface area contributed by atoms with Crippen molar-refractivity contribution >= 4 is 5.78 Å². The molecular weight excluding hydrogens is 124 g/mol. The summed E-state index contributed by atoms with van der Waals surface area (Å²) in [6.07, 6.45) is 0. The number of benzene rings is 1. The first kappa shape index (κ1) is 6.87. The minimum atomic E-state index is 0.0972. The Morgan fingerprint density at radius 3 is 2.20 bits per heavy atom. The van der Waals surface area contributed by atoms with E-state index < -0.39 is 0 Å². The Hall–Kier alpha value is -1.24. The molecule has 0 aromatic heterocycles. The number of ketones is 1. The maximum absolute atomic E-state index is 10.7. The van der Waals surface area contributed by atoms with E-state index in [1.165, 1.54) is 0 Å². The minimum Gasteiger partial charge on any atom is -0.294 e. The lowest BCUT2D eigenvalue weighted by Gasteiger charge is -1.88. The van der Waals surface area contributed by atoms with Gasteiger partial charge in [0, 0.05) is 36.8 Å². The van der Waals surface area contributed by atoms with E-state index in [9.17, 15) is 4.79 Å². The van der Waals surface area contributed by atoms with Crippen LogP contribution in [0.4, 0.5) is 0 Å². The van der Waals surface area contributed by atoms with Crippen molar-refractivity contribution in [1.82, 2.24) is 0 Å². The summed E-state index contributed by atoms with van der Waals surface area (Å²) in [5, 5.41) is 0. The Bertz CT molecular complexity index is 233. The maximum atomic E-state index is 10.7. The zero-order valence-electron chi connectivity index (χ0n) is 5.92. The fourth-order valence-electron chi connectivity index (χ4n) is 0.739. The lowest BCUT2D eigenvalue weighted by molar-refractivity contribution is 0.101. The highest BCUT2D eigenvalue weighted by Crippen LogP contribution is 2.02. The van der Waals surface area contributed by atoms with Crippen LogP contribution in [-0.4, -0.2) is 5.78 Å². The van der Waals surface area contributed by atoms with E-state index in [2.05, 4.69) is 6.92 Å². The molecule has 0 unspecified atom stereocenters. The summed E-state index contributed by atoms with van der Waals surface area (Å²) in [4.78, 5) is 10.7. The standard InChI is InChI=1S/C9H9O/c1-7-3-5-9(6-4-7)8(2)10/h3-6H,1H2,2H3/q+1. The monoisotopic (exact) mass is 133 g/mol. The lowest BCUT2D eigenvalue weighted by atomic mass is 10.1. The van der Waals surface area contributed by atoms with Crippen LogP contribution in [0, 0.1) is 6.92 Å². The van der Waals surface area contributed by atoms with E-state index >= 15 is 0 Å². The van der Waals surface area contributed by atoms with Crippen LogP contribution in [0.25, 0.3) is 0 Å². The molecule has 50 valence electrons. The summed E-state index contributed by atoms with van der Waals surface area (Å²) in [5.41, 5.74) is 1.68. The van der Waals surface area contributed by atoms with Crippen molar-refractivity contribution in [3.8, 4) is 0 Å². The Morgan fingerprint density at radius 2 is 1.80 bits per heavy atom. The van der Waals surface area contributed by atoms with Crippen LogP contribution in [-0.2, 0) is 0 Å². The molecule has 0 saturated heterocycles. The topological polar surface area (TPSA) is 17.1 Å². The van der Waals surface area contributed by atoms with E-state index in [-0.39, 0.29) is 5.78 Å². The van der Waals surface area contributed by atoms with Crippen LogP contribution in [0.15, 0.2) is 24.3 Å². The van der Waals surface area contributed by atoms with Gasteiger partial charge in [-0.15, -0.1) is 0 Å². The molecule has 0 aliphatic carbocycles. The zero-order valence-corrected chi connectivity index (χ0v) is 5.92. The third kappa shape index (κ3) is 1.38. The van der Waals surface area contributed by atoms with Gasteiger partial charge in [-0.05, 0) is 6.92 Å². The molecule has 0 radical (unpaired) electrons. The molecule has 1 aromatic carbocycles. The summed E-state index contributed by atoms with van der Waals surface area (Å²) >= 11 is 0. The van der Waals surface area contributed by atoms with Crippen LogP contribution in [0.5, 0.6) is 0 Å². The van der Waals surface area contributed by atoms with Gasteiger partial charge >= 0.3 is 0 Å². The number of rotatable bonds is 1. The summed E-state index contributed by atoms with van der Waals surface area (Å²) in [7, 11) is 0. The normalized spacial score (nSPS) is 9.30. The molecule has 0 aliphatic rings. The highest BCUT2D eigenvalue weighted by atomic mass is 16.1. The van der Waals surface area contributed by atoms with E-state index in [1.54, 1.807) is 19.1 Å². The van der Waals surface area contributed by atoms with Crippen molar-refractivity contribution in [2.75, 3.05) is 0 Å². The van der Waals surface area contributed by atoms with Gasteiger partial charge in [0.1, 0.15) is 5.56 Å². The van der Waals surface area contributed by atoms with Gasteiger partial charge in [-0.3, -0.25) is 4.79 Å². The van der Waals surface area contributed by atoms with E-state index in [0.717, 1.165) is 11.1 Å². The molecule has 0 fully saturated rings. The highest BCUT2D eigenvalue weighted by Gasteiger charge is 1.99. The number of carbonyl (C=O) groups is 1. The third-order valence-corrected chi connectivity index (χ3v) is 1.36. The van der Waals surface area contributed by atoms with E-state index in [1.807, 2.05) is 12.1 Å². The first-order chi connectivity index (χ1) is 4.70. The Morgan fingerprint density at radius 1 is 1.30 bits per heavy atom. The van der Waals surface area contributed by atoms with Crippen molar-refractivity contribution < 1.29 is 4.79 Å². The van der Waals surface area contributed by atoms with E-state index in [0.29, 0.717) is 0 Å². The van der Waals surface area contributed by atoms with Gasteiger partial charge in [0.2, 0.25) is 0 Å². The number of hydrogen-bond donors (Lipinski definition) is 0. The number of hydrogen-bond acceptors (Lipinski definition) is 1. The molecule has 0 heterocycles. The summed E-state index contributed by atoms with van der Waals surface area (Å²) < 4.78 is 0. The highest BCUT2D eigenvalue weighted by molar-refractivity contribution is 5.94. The van der Waals surface area contributed by atoms with Crippen LogP contribution in [0.2, 0.25) is 0 Å². The molecule has 0 atom stereocenters. The molecule has 1 aromatic rings. The van der Waals surface area contributed by atoms with Crippen LogP contribution in [0.3, 0.4) is 0 Å². The first-order valence-corrected chi connectivity index (χ1v) is 3.13. The minimum absolute atomic E-state index is 0.0972. The summed E-state index contributed by atoms with van der Waals surface area (Å²) in [6.45, 7) is 5.26. The molecule has 0 spiro atoms. The fraction of sp³-hybridized carbons (Fsp3) is 0.111. The zero-order chi connectivity index (χ0) is 7.56. The largest absolute Gasteiger partial charge is 0.294 e. The van der Waals surface area contributed by atoms with Crippen molar-refractivity contribution in [2.24, 2.45) is 0 Å². The Kier molecular flexibility index (Phi) is 1.76. The van der Waals surface area contributed by atoms with Crippen molar-refractivity contribution in [3.63, 3.8) is 0 Å². The molecule has 1 nitrogen and oxygen atoms in total. The van der Waals surface area contributed by atoms with Gasteiger partial charge < -0.3 is 0 Å². The Labute approximate surface area is 60.7 Å². The molecule has 0 saturated carbocycles. The summed E-state index contributed by atoms with van der Waals surface area (Å²) in [5.74, 6) is 0.0972. The summed E-state index contributed by atoms with van der Waals surface area (Å²) in [6, 6.07) is 7.22. The van der Waals surface area contributed by atoms with E-state index in [4.69, 9.17) is 0 Å². The quantitative estimate of drug-likeness (QED) is 0.423. The van der Waals surface area contributed by atoms with Crippen molar-refractivity contribution in [2.45, 2.75) is 6.92 Å². The SMILES string of the molecule is [CH2+]c1ccc(C(C)=O)cc1. The van der Waals surface area contributed by atoms with Gasteiger partial charge in [0.25, 0.3) is 0 Å². The average molecular weight is 133 g/mol. The number of carbonyl (C=O) groups excluding carboxylic acids is 1. The van der Waals surface area contributed by atoms with Crippen molar-refractivity contribution in [3.05, 3.63) is 42.3 Å². The van der Waals surface area contributed by atoms with Gasteiger partial charge in [-0.1, -0.05) is 0 Å². The molecule has 10 heavy (non-hydrogen) atoms. The average Bonchev–Trinajstić information content (AvgIpc) is 1.88. The van der Waals surface area contributed by atoms with Crippen molar-refractivity contribution in [1.29, 1.82) is 0 Å². The second-order valence-electron chi connectivity index (χ2n) is 2.25. The smallest absolute Gasteiger partial charge is 0.162 e. The first-order valence-electron chi connectivity index (χ1n) is 3.13. The van der Waals surface area contributed by atoms with Gasteiger partial charge in [-0.2, -0.15) is 0 Å². The lowest BCUT2D eigenvalue weighted by Crippen LogP contribution is -1.90. The van der Waals surface area contributed by atoms with Gasteiger partial charge in [-0.25, -0.2) is 0 Å². The van der Waals surface area contributed by atoms with Crippen LogP contribution < -0.4 is 0 Å². The molecule has 0 bridgehead atoms. The second-order valence-corrected chi connectivity index (χ2v) is 2.25.